The average molecular weight is 316 g/mol. The molecule has 0 unspecified atom stereocenters. The third-order valence-corrected chi connectivity index (χ3v) is 3.54. The van der Waals surface area contributed by atoms with Gasteiger partial charge >= 0.3 is 6.18 Å². The third-order valence-electron chi connectivity index (χ3n) is 3.54. The minimum atomic E-state index is -4.60. The molecular weight excluding hydrogens is 305 g/mol. The molecule has 0 saturated heterocycles. The Hall–Kier alpha value is -2.88. The van der Waals surface area contributed by atoms with Gasteiger partial charge in [-0.05, 0) is 18.1 Å². The number of hydrogen-bond donors (Lipinski definition) is 0. The van der Waals surface area contributed by atoms with Crippen LogP contribution in [0.5, 0.6) is 0 Å². The topological polar surface area (TPSA) is 54.0 Å². The molecule has 0 N–H and O–H groups in total. The molecule has 7 heteroatoms. The Morgan fingerprint density at radius 2 is 1.91 bits per heavy atom. The van der Waals surface area contributed by atoms with E-state index in [0.717, 1.165) is 24.2 Å². The van der Waals surface area contributed by atoms with Crippen LogP contribution in [0.3, 0.4) is 0 Å². The van der Waals surface area contributed by atoms with Crippen LogP contribution in [0, 0.1) is 11.3 Å². The quantitative estimate of drug-likeness (QED) is 0.721. The lowest BCUT2D eigenvalue weighted by Crippen LogP contribution is -2.13. The van der Waals surface area contributed by atoms with Crippen LogP contribution in [-0.4, -0.2) is 14.6 Å². The number of alkyl halides is 3. The predicted molar refractivity (Wildman–Crippen MR) is 77.5 cm³/mol. The average Bonchev–Trinajstić information content (AvgIpc) is 2.96. The first-order chi connectivity index (χ1) is 10.9. The second-order valence-corrected chi connectivity index (χ2v) is 4.98. The van der Waals surface area contributed by atoms with E-state index < -0.39 is 11.9 Å². The summed E-state index contributed by atoms with van der Waals surface area (Å²) in [6, 6.07) is 9.89. The van der Waals surface area contributed by atoms with Crippen molar-refractivity contribution in [2.75, 3.05) is 0 Å². The van der Waals surface area contributed by atoms with E-state index in [4.69, 9.17) is 5.26 Å². The van der Waals surface area contributed by atoms with E-state index in [1.165, 1.54) is 0 Å². The molecule has 1 aromatic carbocycles. The number of nitrogens with zero attached hydrogens (tertiary/aromatic N) is 4. The Morgan fingerprint density at radius 1 is 1.22 bits per heavy atom. The molecule has 4 nitrogen and oxygen atoms in total. The van der Waals surface area contributed by atoms with Crippen molar-refractivity contribution < 1.29 is 13.2 Å². The van der Waals surface area contributed by atoms with Crippen LogP contribution in [0.4, 0.5) is 13.2 Å². The molecule has 0 saturated carbocycles. The van der Waals surface area contributed by atoms with Crippen molar-refractivity contribution in [1.29, 1.82) is 5.26 Å². The van der Waals surface area contributed by atoms with E-state index in [1.54, 1.807) is 12.1 Å². The Kier molecular flexibility index (Phi) is 3.52. The van der Waals surface area contributed by atoms with Crippen LogP contribution in [0.15, 0.2) is 36.5 Å². The molecule has 2 heterocycles. The lowest BCUT2D eigenvalue weighted by Gasteiger charge is -2.11. The SMILES string of the molecule is CCc1ccc(-c2cc(C(F)(F)F)n3ncc(C#N)c3n2)cc1. The van der Waals surface area contributed by atoms with Crippen molar-refractivity contribution in [3.05, 3.63) is 53.3 Å². The zero-order valence-corrected chi connectivity index (χ0v) is 12.1. The van der Waals surface area contributed by atoms with Crippen LogP contribution in [0.1, 0.15) is 23.7 Å². The normalized spacial score (nSPS) is 11.6. The Bertz CT molecular complexity index is 902. The van der Waals surface area contributed by atoms with Gasteiger partial charge in [0.2, 0.25) is 0 Å². The van der Waals surface area contributed by atoms with Crippen molar-refractivity contribution in [1.82, 2.24) is 14.6 Å². The van der Waals surface area contributed by atoms with Gasteiger partial charge in [0, 0.05) is 5.56 Å². The van der Waals surface area contributed by atoms with Gasteiger partial charge in [0.15, 0.2) is 11.3 Å². The zero-order valence-electron chi connectivity index (χ0n) is 12.1. The Labute approximate surface area is 129 Å². The highest BCUT2D eigenvalue weighted by Gasteiger charge is 2.35. The first-order valence-electron chi connectivity index (χ1n) is 6.89. The van der Waals surface area contributed by atoms with E-state index >= 15 is 0 Å². The van der Waals surface area contributed by atoms with Gasteiger partial charge < -0.3 is 0 Å². The highest BCUT2D eigenvalue weighted by atomic mass is 19.4. The fourth-order valence-electron chi connectivity index (χ4n) is 2.30. The minimum absolute atomic E-state index is 0.00234. The molecule has 23 heavy (non-hydrogen) atoms. The maximum absolute atomic E-state index is 13.3. The number of hydrogen-bond acceptors (Lipinski definition) is 3. The number of benzene rings is 1. The minimum Gasteiger partial charge on any atom is -0.227 e. The fraction of sp³-hybridized carbons (Fsp3) is 0.188. The highest BCUT2D eigenvalue weighted by molar-refractivity contribution is 5.65. The number of aryl methyl sites for hydroxylation is 1. The molecule has 116 valence electrons. The van der Waals surface area contributed by atoms with Crippen LogP contribution >= 0.6 is 0 Å². The second kappa shape index (κ2) is 5.39. The number of fused-ring (bicyclic) bond motifs is 1. The lowest BCUT2D eigenvalue weighted by molar-refractivity contribution is -0.142. The number of aromatic nitrogens is 3. The molecule has 0 aliphatic carbocycles. The van der Waals surface area contributed by atoms with Gasteiger partial charge in [-0.25, -0.2) is 9.50 Å². The van der Waals surface area contributed by atoms with E-state index in [-0.39, 0.29) is 16.9 Å². The summed E-state index contributed by atoms with van der Waals surface area (Å²) >= 11 is 0. The first-order valence-corrected chi connectivity index (χ1v) is 6.89. The van der Waals surface area contributed by atoms with Gasteiger partial charge in [-0.15, -0.1) is 0 Å². The number of halogens is 3. The van der Waals surface area contributed by atoms with Crippen molar-refractivity contribution in [3.8, 4) is 17.3 Å². The van der Waals surface area contributed by atoms with E-state index in [0.29, 0.717) is 10.1 Å². The molecule has 0 fully saturated rings. The summed E-state index contributed by atoms with van der Waals surface area (Å²) in [6.07, 6.45) is -2.68. The first kappa shape index (κ1) is 15.0. The van der Waals surface area contributed by atoms with Crippen LogP contribution in [0.2, 0.25) is 0 Å². The van der Waals surface area contributed by atoms with Gasteiger partial charge in [0.1, 0.15) is 11.6 Å². The van der Waals surface area contributed by atoms with Crippen LogP contribution in [-0.2, 0) is 12.6 Å². The standard InChI is InChI=1S/C16H11F3N4/c1-2-10-3-5-11(6-4-10)13-7-14(16(17,18)19)23-15(22-13)12(8-20)9-21-23/h3-7,9H,2H2,1H3. The number of nitriles is 1. The maximum atomic E-state index is 13.3. The molecule has 0 aliphatic rings. The number of rotatable bonds is 2. The molecule has 2 aromatic heterocycles. The summed E-state index contributed by atoms with van der Waals surface area (Å²) in [4.78, 5) is 4.18. The fourth-order valence-corrected chi connectivity index (χ4v) is 2.30. The smallest absolute Gasteiger partial charge is 0.227 e. The molecule has 0 aliphatic heterocycles. The van der Waals surface area contributed by atoms with Gasteiger partial charge in [0.05, 0.1) is 11.9 Å². The van der Waals surface area contributed by atoms with E-state index in [9.17, 15) is 13.2 Å². The maximum Gasteiger partial charge on any atom is 0.433 e. The molecule has 0 atom stereocenters. The summed E-state index contributed by atoms with van der Waals surface area (Å²) in [6.45, 7) is 1.99. The summed E-state index contributed by atoms with van der Waals surface area (Å²) in [7, 11) is 0. The lowest BCUT2D eigenvalue weighted by atomic mass is 10.1. The van der Waals surface area contributed by atoms with Gasteiger partial charge in [-0.3, -0.25) is 0 Å². The van der Waals surface area contributed by atoms with Crippen molar-refractivity contribution in [2.24, 2.45) is 0 Å². The highest BCUT2D eigenvalue weighted by Crippen LogP contribution is 2.32. The monoisotopic (exact) mass is 316 g/mol. The van der Waals surface area contributed by atoms with Crippen molar-refractivity contribution in [2.45, 2.75) is 19.5 Å². The van der Waals surface area contributed by atoms with E-state index in [2.05, 4.69) is 10.1 Å². The second-order valence-electron chi connectivity index (χ2n) is 4.98. The van der Waals surface area contributed by atoms with Crippen molar-refractivity contribution >= 4 is 5.65 Å². The Morgan fingerprint density at radius 3 is 2.48 bits per heavy atom. The largest absolute Gasteiger partial charge is 0.433 e. The van der Waals surface area contributed by atoms with Gasteiger partial charge in [0.25, 0.3) is 0 Å². The summed E-state index contributed by atoms with van der Waals surface area (Å²) in [5.74, 6) is 0. The molecule has 0 radical (unpaired) electrons. The van der Waals surface area contributed by atoms with Gasteiger partial charge in [-0.1, -0.05) is 31.2 Å². The molecular formula is C16H11F3N4. The van der Waals surface area contributed by atoms with Crippen molar-refractivity contribution in [3.63, 3.8) is 0 Å². The molecule has 0 amide bonds. The molecule has 3 aromatic rings. The van der Waals surface area contributed by atoms with Crippen LogP contribution in [0.25, 0.3) is 16.9 Å². The summed E-state index contributed by atoms with van der Waals surface area (Å²) in [5, 5.41) is 12.7. The zero-order chi connectivity index (χ0) is 16.6. The van der Waals surface area contributed by atoms with E-state index in [1.807, 2.05) is 25.1 Å². The summed E-state index contributed by atoms with van der Waals surface area (Å²) < 4.78 is 40.5. The third kappa shape index (κ3) is 2.63. The molecule has 0 spiro atoms. The summed E-state index contributed by atoms with van der Waals surface area (Å²) in [5.41, 5.74) is 0.732. The molecule has 0 bridgehead atoms. The van der Waals surface area contributed by atoms with Gasteiger partial charge in [-0.2, -0.15) is 23.5 Å². The van der Waals surface area contributed by atoms with Crippen LogP contribution < -0.4 is 0 Å². The molecule has 3 rings (SSSR count). The predicted octanol–water partition coefficient (Wildman–Crippen LogP) is 3.85. The Balaban J connectivity index is 2.26.